The molecule has 1 aromatic heterocycles. The minimum atomic E-state index is 0.574. The van der Waals surface area contributed by atoms with Crippen molar-refractivity contribution in [3.05, 3.63) is 5.82 Å². The molecule has 0 amide bonds. The van der Waals surface area contributed by atoms with Gasteiger partial charge in [-0.15, -0.1) is 5.10 Å². The molecule has 0 spiro atoms. The van der Waals surface area contributed by atoms with E-state index in [9.17, 15) is 0 Å². The fraction of sp³-hybridized carbons (Fsp3) is 0.833. The highest BCUT2D eigenvalue weighted by Gasteiger charge is 2.15. The molecule has 1 aliphatic rings. The Hall–Kier alpha value is -0.970. The zero-order valence-corrected chi connectivity index (χ0v) is 6.25. The minimum absolute atomic E-state index is 0.574. The summed E-state index contributed by atoms with van der Waals surface area (Å²) in [6, 6.07) is 0.574. The molecule has 5 heteroatoms. The largest absolute Gasteiger partial charge is 0.314 e. The molecule has 0 unspecified atom stereocenters. The average Bonchev–Trinajstić information content (AvgIpc) is 2.60. The summed E-state index contributed by atoms with van der Waals surface area (Å²) in [5, 5.41) is 17.0. The minimum Gasteiger partial charge on any atom is -0.314 e. The van der Waals surface area contributed by atoms with Crippen molar-refractivity contribution < 1.29 is 0 Å². The Bertz CT molecular complexity index is 201. The number of rotatable bonds is 2. The molecule has 0 saturated carbocycles. The molecular formula is C6H11N5. The van der Waals surface area contributed by atoms with Crippen LogP contribution in [0, 0.1) is 0 Å². The summed E-state index contributed by atoms with van der Waals surface area (Å²) in [6.07, 6.45) is 3.43. The van der Waals surface area contributed by atoms with Crippen LogP contribution < -0.4 is 5.32 Å². The van der Waals surface area contributed by atoms with E-state index < -0.39 is 0 Å². The van der Waals surface area contributed by atoms with Gasteiger partial charge in [-0.25, -0.2) is 5.10 Å². The highest BCUT2D eigenvalue weighted by molar-refractivity contribution is 4.86. The molecule has 0 radical (unpaired) electrons. The molecule has 1 aliphatic heterocycles. The number of nitrogens with zero attached hydrogens (tertiary/aromatic N) is 3. The van der Waals surface area contributed by atoms with Gasteiger partial charge in [0.25, 0.3) is 0 Å². The van der Waals surface area contributed by atoms with Gasteiger partial charge in [-0.1, -0.05) is 0 Å². The van der Waals surface area contributed by atoms with E-state index in [1.54, 1.807) is 0 Å². The molecule has 2 heterocycles. The zero-order chi connectivity index (χ0) is 7.52. The normalized spacial score (nSPS) is 24.2. The Morgan fingerprint density at radius 2 is 2.55 bits per heavy atom. The monoisotopic (exact) mass is 153 g/mol. The predicted molar refractivity (Wildman–Crippen MR) is 38.9 cm³/mol. The SMILES string of the molecule is C1CN[C@@H](Cc2nnn[nH]2)C1. The van der Waals surface area contributed by atoms with Crippen molar-refractivity contribution in [1.29, 1.82) is 0 Å². The van der Waals surface area contributed by atoms with Gasteiger partial charge in [0.1, 0.15) is 5.82 Å². The summed E-state index contributed by atoms with van der Waals surface area (Å²) in [7, 11) is 0. The van der Waals surface area contributed by atoms with E-state index in [2.05, 4.69) is 25.9 Å². The molecule has 0 aliphatic carbocycles. The number of tetrazole rings is 1. The molecule has 2 N–H and O–H groups in total. The summed E-state index contributed by atoms with van der Waals surface area (Å²) in [4.78, 5) is 0. The third-order valence-electron chi connectivity index (χ3n) is 1.99. The molecule has 5 nitrogen and oxygen atoms in total. The van der Waals surface area contributed by atoms with Crippen LogP contribution in [0.1, 0.15) is 18.7 Å². The van der Waals surface area contributed by atoms with Crippen molar-refractivity contribution in [2.75, 3.05) is 6.54 Å². The van der Waals surface area contributed by atoms with Gasteiger partial charge < -0.3 is 5.32 Å². The fourth-order valence-corrected chi connectivity index (χ4v) is 1.43. The Morgan fingerprint density at radius 3 is 3.18 bits per heavy atom. The van der Waals surface area contributed by atoms with E-state index in [0.29, 0.717) is 6.04 Å². The Morgan fingerprint density at radius 1 is 1.55 bits per heavy atom. The lowest BCUT2D eigenvalue weighted by atomic mass is 10.1. The van der Waals surface area contributed by atoms with Crippen LogP contribution in [-0.2, 0) is 6.42 Å². The first-order valence-electron chi connectivity index (χ1n) is 3.91. The lowest BCUT2D eigenvalue weighted by Crippen LogP contribution is -2.24. The number of aromatic nitrogens is 4. The van der Waals surface area contributed by atoms with Crippen molar-refractivity contribution in [2.24, 2.45) is 0 Å². The lowest BCUT2D eigenvalue weighted by Gasteiger charge is -2.04. The summed E-state index contributed by atoms with van der Waals surface area (Å²) in [5.41, 5.74) is 0. The predicted octanol–water partition coefficient (Wildman–Crippen LogP) is -0.506. The molecule has 0 aromatic carbocycles. The third kappa shape index (κ3) is 1.54. The Kier molecular flexibility index (Phi) is 1.81. The zero-order valence-electron chi connectivity index (χ0n) is 6.25. The first kappa shape index (κ1) is 6.72. The summed E-state index contributed by atoms with van der Waals surface area (Å²) in [5.74, 6) is 0.879. The van der Waals surface area contributed by atoms with Crippen LogP contribution >= 0.6 is 0 Å². The van der Waals surface area contributed by atoms with Gasteiger partial charge in [-0.2, -0.15) is 0 Å². The van der Waals surface area contributed by atoms with Crippen molar-refractivity contribution >= 4 is 0 Å². The number of aromatic amines is 1. The first-order chi connectivity index (χ1) is 5.45. The highest BCUT2D eigenvalue weighted by Crippen LogP contribution is 2.07. The summed E-state index contributed by atoms with van der Waals surface area (Å²) in [6.45, 7) is 1.13. The van der Waals surface area contributed by atoms with E-state index in [-0.39, 0.29) is 0 Å². The topological polar surface area (TPSA) is 66.5 Å². The van der Waals surface area contributed by atoms with Crippen LogP contribution in [0.3, 0.4) is 0 Å². The number of H-pyrrole nitrogens is 1. The smallest absolute Gasteiger partial charge is 0.150 e. The van der Waals surface area contributed by atoms with E-state index in [4.69, 9.17) is 0 Å². The third-order valence-corrected chi connectivity index (χ3v) is 1.99. The molecule has 0 bridgehead atoms. The average molecular weight is 153 g/mol. The quantitative estimate of drug-likeness (QED) is 0.600. The molecule has 60 valence electrons. The summed E-state index contributed by atoms with van der Waals surface area (Å²) < 4.78 is 0. The summed E-state index contributed by atoms with van der Waals surface area (Å²) >= 11 is 0. The first-order valence-corrected chi connectivity index (χ1v) is 3.91. The van der Waals surface area contributed by atoms with Crippen LogP contribution in [0.4, 0.5) is 0 Å². The number of nitrogens with one attached hydrogen (secondary N) is 2. The van der Waals surface area contributed by atoms with E-state index in [1.165, 1.54) is 12.8 Å². The van der Waals surface area contributed by atoms with Gasteiger partial charge in [0.05, 0.1) is 0 Å². The Balaban J connectivity index is 1.90. The highest BCUT2D eigenvalue weighted by atomic mass is 15.5. The van der Waals surface area contributed by atoms with Crippen molar-refractivity contribution in [3.8, 4) is 0 Å². The van der Waals surface area contributed by atoms with Crippen LogP contribution in [0.2, 0.25) is 0 Å². The second-order valence-corrected chi connectivity index (χ2v) is 2.85. The second kappa shape index (κ2) is 2.96. The number of hydrogen-bond acceptors (Lipinski definition) is 4. The van der Waals surface area contributed by atoms with Crippen LogP contribution in [-0.4, -0.2) is 33.2 Å². The lowest BCUT2D eigenvalue weighted by molar-refractivity contribution is 0.586. The van der Waals surface area contributed by atoms with Crippen molar-refractivity contribution in [3.63, 3.8) is 0 Å². The number of hydrogen-bond donors (Lipinski definition) is 2. The van der Waals surface area contributed by atoms with E-state index >= 15 is 0 Å². The van der Waals surface area contributed by atoms with Gasteiger partial charge in [0.15, 0.2) is 0 Å². The van der Waals surface area contributed by atoms with Crippen molar-refractivity contribution in [2.45, 2.75) is 25.3 Å². The molecule has 1 aromatic rings. The Labute approximate surface area is 64.6 Å². The molecular weight excluding hydrogens is 142 g/mol. The van der Waals surface area contributed by atoms with E-state index in [0.717, 1.165) is 18.8 Å². The van der Waals surface area contributed by atoms with Crippen molar-refractivity contribution in [1.82, 2.24) is 25.9 Å². The van der Waals surface area contributed by atoms with E-state index in [1.807, 2.05) is 0 Å². The maximum absolute atomic E-state index is 3.82. The van der Waals surface area contributed by atoms with Gasteiger partial charge in [-0.3, -0.25) is 0 Å². The fourth-order valence-electron chi connectivity index (χ4n) is 1.43. The van der Waals surface area contributed by atoms with Crippen LogP contribution in [0.25, 0.3) is 0 Å². The van der Waals surface area contributed by atoms with Gasteiger partial charge in [0.2, 0.25) is 0 Å². The van der Waals surface area contributed by atoms with Gasteiger partial charge in [0, 0.05) is 12.5 Å². The van der Waals surface area contributed by atoms with Gasteiger partial charge in [-0.05, 0) is 29.8 Å². The van der Waals surface area contributed by atoms with Gasteiger partial charge >= 0.3 is 0 Å². The molecule has 2 rings (SSSR count). The van der Waals surface area contributed by atoms with Crippen LogP contribution in [0.5, 0.6) is 0 Å². The maximum atomic E-state index is 3.82. The maximum Gasteiger partial charge on any atom is 0.150 e. The molecule has 1 atom stereocenters. The molecule has 11 heavy (non-hydrogen) atoms. The van der Waals surface area contributed by atoms with Crippen LogP contribution in [0.15, 0.2) is 0 Å². The molecule has 1 fully saturated rings. The second-order valence-electron chi connectivity index (χ2n) is 2.85. The standard InChI is InChI=1S/C6H11N5/c1-2-5(7-3-1)4-6-8-10-11-9-6/h5,7H,1-4H2,(H,8,9,10,11)/t5-/m1/s1. The molecule has 1 saturated heterocycles.